The fraction of sp³-hybridized carbons (Fsp3) is 0.636. The maximum atomic E-state index is 11.7. The first-order valence-electron chi connectivity index (χ1n) is 6.33. The van der Waals surface area contributed by atoms with Crippen molar-refractivity contribution in [2.75, 3.05) is 13.7 Å². The molecule has 1 unspecified atom stereocenters. The van der Waals surface area contributed by atoms with Crippen LogP contribution in [0.15, 0.2) is 15.8 Å². The average molecular weight is 320 g/mol. The maximum absolute atomic E-state index is 11.7. The quantitative estimate of drug-likeness (QED) is 0.748. The molecular formula is C11H17N2O7P. The van der Waals surface area contributed by atoms with Crippen LogP contribution in [0.4, 0.5) is 0 Å². The third-order valence-corrected chi connectivity index (χ3v) is 4.13. The van der Waals surface area contributed by atoms with Gasteiger partial charge >= 0.3 is 13.5 Å². The molecule has 1 aliphatic rings. The molecule has 0 bridgehead atoms. The summed E-state index contributed by atoms with van der Waals surface area (Å²) >= 11 is 0. The second-order valence-electron chi connectivity index (χ2n) is 4.72. The lowest BCUT2D eigenvalue weighted by molar-refractivity contribution is -0.0252. The number of hydrogen-bond acceptors (Lipinski definition) is 6. The zero-order chi connectivity index (χ0) is 15.6. The normalized spacial score (nSPS) is 24.9. The van der Waals surface area contributed by atoms with Gasteiger partial charge < -0.3 is 9.63 Å². The van der Waals surface area contributed by atoms with Crippen LogP contribution in [0.25, 0.3) is 0 Å². The highest BCUT2D eigenvalue weighted by molar-refractivity contribution is 7.47. The van der Waals surface area contributed by atoms with Gasteiger partial charge in [0.2, 0.25) is 0 Å². The number of phosphoric ester groups is 1. The van der Waals surface area contributed by atoms with Crippen molar-refractivity contribution in [1.82, 2.24) is 9.55 Å². The van der Waals surface area contributed by atoms with Crippen LogP contribution in [0.1, 0.15) is 24.6 Å². The smallest absolute Gasteiger partial charge is 0.352 e. The SMILES string of the molecule is COP(=O)(O)OC[C@@H]1CC[C@H](n2cc(C)c(=O)[nH]c2=O)O1. The Kier molecular flexibility index (Phi) is 4.80. The van der Waals surface area contributed by atoms with E-state index >= 15 is 0 Å². The molecule has 0 aromatic carbocycles. The molecular weight excluding hydrogens is 303 g/mol. The van der Waals surface area contributed by atoms with Crippen molar-refractivity contribution < 1.29 is 23.2 Å². The van der Waals surface area contributed by atoms with E-state index < -0.39 is 31.4 Å². The Morgan fingerprint density at radius 2 is 2.24 bits per heavy atom. The lowest BCUT2D eigenvalue weighted by atomic mass is 10.2. The molecule has 2 N–H and O–H groups in total. The zero-order valence-corrected chi connectivity index (χ0v) is 12.5. The molecule has 3 atom stereocenters. The Labute approximate surface area is 120 Å². The number of nitrogens with one attached hydrogen (secondary N) is 1. The van der Waals surface area contributed by atoms with Gasteiger partial charge in [-0.1, -0.05) is 0 Å². The van der Waals surface area contributed by atoms with E-state index in [-0.39, 0.29) is 6.61 Å². The van der Waals surface area contributed by atoms with E-state index in [2.05, 4.69) is 9.51 Å². The molecule has 21 heavy (non-hydrogen) atoms. The van der Waals surface area contributed by atoms with Gasteiger partial charge in [-0.2, -0.15) is 0 Å². The lowest BCUT2D eigenvalue weighted by Gasteiger charge is -2.17. The first kappa shape index (κ1) is 16.1. The highest BCUT2D eigenvalue weighted by atomic mass is 31.2. The number of aromatic nitrogens is 2. The minimum absolute atomic E-state index is 0.116. The molecule has 1 aromatic heterocycles. The van der Waals surface area contributed by atoms with Crippen LogP contribution in [-0.2, 0) is 18.3 Å². The van der Waals surface area contributed by atoms with E-state index in [1.165, 1.54) is 10.8 Å². The van der Waals surface area contributed by atoms with E-state index in [1.807, 2.05) is 0 Å². The second kappa shape index (κ2) is 6.25. The molecule has 0 radical (unpaired) electrons. The molecule has 0 aliphatic carbocycles. The van der Waals surface area contributed by atoms with E-state index in [0.717, 1.165) is 7.11 Å². The van der Waals surface area contributed by atoms with Crippen LogP contribution >= 0.6 is 7.82 Å². The van der Waals surface area contributed by atoms with Crippen molar-refractivity contribution in [1.29, 1.82) is 0 Å². The lowest BCUT2D eigenvalue weighted by Crippen LogP contribution is -2.33. The summed E-state index contributed by atoms with van der Waals surface area (Å²) in [5, 5.41) is 0. The number of phosphoric acid groups is 1. The minimum Gasteiger partial charge on any atom is -0.352 e. The number of H-pyrrole nitrogens is 1. The van der Waals surface area contributed by atoms with Crippen LogP contribution < -0.4 is 11.2 Å². The summed E-state index contributed by atoms with van der Waals surface area (Å²) < 4.78 is 27.1. The van der Waals surface area contributed by atoms with E-state index in [9.17, 15) is 14.2 Å². The van der Waals surface area contributed by atoms with Crippen LogP contribution in [0.3, 0.4) is 0 Å². The third-order valence-electron chi connectivity index (χ3n) is 3.20. The van der Waals surface area contributed by atoms with Gasteiger partial charge in [-0.25, -0.2) is 9.36 Å². The summed E-state index contributed by atoms with van der Waals surface area (Å²) in [6, 6.07) is 0. The number of ether oxygens (including phenoxy) is 1. The van der Waals surface area contributed by atoms with Gasteiger partial charge in [-0.15, -0.1) is 0 Å². The Morgan fingerprint density at radius 3 is 2.90 bits per heavy atom. The Hall–Kier alpha value is -1.25. The summed E-state index contributed by atoms with van der Waals surface area (Å²) in [4.78, 5) is 34.4. The van der Waals surface area contributed by atoms with Crippen molar-refractivity contribution in [3.8, 4) is 0 Å². The van der Waals surface area contributed by atoms with E-state index in [0.29, 0.717) is 18.4 Å². The van der Waals surface area contributed by atoms with Crippen molar-refractivity contribution in [3.05, 3.63) is 32.6 Å². The standard InChI is InChI=1S/C11H17N2O7P/c1-7-5-13(11(15)12-10(7)14)9-4-3-8(20-9)6-19-21(16,17)18-2/h5,8-9H,3-4,6H2,1-2H3,(H,16,17)(H,12,14,15)/t8-,9+/m0/s1. The molecule has 1 saturated heterocycles. The van der Waals surface area contributed by atoms with Gasteiger partial charge in [0.15, 0.2) is 0 Å². The summed E-state index contributed by atoms with van der Waals surface area (Å²) in [6.45, 7) is 1.47. The molecule has 1 fully saturated rings. The largest absolute Gasteiger partial charge is 0.472 e. The van der Waals surface area contributed by atoms with Crippen LogP contribution in [0.5, 0.6) is 0 Å². The fourth-order valence-electron chi connectivity index (χ4n) is 2.04. The summed E-state index contributed by atoms with van der Waals surface area (Å²) in [7, 11) is -2.97. The van der Waals surface area contributed by atoms with Crippen molar-refractivity contribution in [3.63, 3.8) is 0 Å². The van der Waals surface area contributed by atoms with E-state index in [1.54, 1.807) is 6.92 Å². The number of aromatic amines is 1. The predicted octanol–water partition coefficient (Wildman–Crippen LogP) is 0.286. The Morgan fingerprint density at radius 1 is 1.52 bits per heavy atom. The molecule has 10 heteroatoms. The summed E-state index contributed by atoms with van der Waals surface area (Å²) in [5.74, 6) is 0. The molecule has 9 nitrogen and oxygen atoms in total. The monoisotopic (exact) mass is 320 g/mol. The topological polar surface area (TPSA) is 120 Å². The summed E-state index contributed by atoms with van der Waals surface area (Å²) in [5.41, 5.74) is -0.588. The molecule has 1 aliphatic heterocycles. The van der Waals surface area contributed by atoms with Gasteiger partial charge in [-0.05, 0) is 19.8 Å². The highest BCUT2D eigenvalue weighted by Gasteiger charge is 2.30. The molecule has 0 saturated carbocycles. The third kappa shape index (κ3) is 3.90. The van der Waals surface area contributed by atoms with Gasteiger partial charge in [0.25, 0.3) is 5.56 Å². The van der Waals surface area contributed by atoms with Crippen LogP contribution in [0, 0.1) is 6.92 Å². The van der Waals surface area contributed by atoms with Gasteiger partial charge in [0.1, 0.15) is 6.23 Å². The zero-order valence-electron chi connectivity index (χ0n) is 11.6. The Balaban J connectivity index is 2.03. The number of aryl methyl sites for hydroxylation is 1. The molecule has 1 aromatic rings. The molecule has 0 amide bonds. The number of hydrogen-bond donors (Lipinski definition) is 2. The first-order valence-corrected chi connectivity index (χ1v) is 7.82. The van der Waals surface area contributed by atoms with Crippen molar-refractivity contribution in [2.24, 2.45) is 0 Å². The number of rotatable bonds is 5. The highest BCUT2D eigenvalue weighted by Crippen LogP contribution is 2.43. The second-order valence-corrected chi connectivity index (χ2v) is 6.28. The van der Waals surface area contributed by atoms with Crippen LogP contribution in [-0.4, -0.2) is 34.3 Å². The van der Waals surface area contributed by atoms with Crippen molar-refractivity contribution >= 4 is 7.82 Å². The molecule has 118 valence electrons. The predicted molar refractivity (Wildman–Crippen MR) is 72.0 cm³/mol. The Bertz CT molecular complexity index is 667. The molecule has 2 rings (SSSR count). The minimum atomic E-state index is -4.04. The van der Waals surface area contributed by atoms with Crippen molar-refractivity contribution in [2.45, 2.75) is 32.1 Å². The molecule has 0 spiro atoms. The first-order chi connectivity index (χ1) is 9.82. The average Bonchev–Trinajstić information content (AvgIpc) is 2.89. The fourth-order valence-corrected chi connectivity index (χ4v) is 2.50. The summed E-state index contributed by atoms with van der Waals surface area (Å²) in [6.07, 6.45) is 1.55. The van der Waals surface area contributed by atoms with Crippen LogP contribution in [0.2, 0.25) is 0 Å². The molecule has 2 heterocycles. The van der Waals surface area contributed by atoms with Gasteiger partial charge in [-0.3, -0.25) is 23.4 Å². The maximum Gasteiger partial charge on any atom is 0.472 e. The number of nitrogens with zero attached hydrogens (tertiary/aromatic N) is 1. The van der Waals surface area contributed by atoms with E-state index in [4.69, 9.17) is 14.2 Å². The van der Waals surface area contributed by atoms with Gasteiger partial charge in [0, 0.05) is 18.9 Å². The van der Waals surface area contributed by atoms with Gasteiger partial charge in [0.05, 0.1) is 12.7 Å².